The summed E-state index contributed by atoms with van der Waals surface area (Å²) in [7, 11) is 0. The summed E-state index contributed by atoms with van der Waals surface area (Å²) in [6.07, 6.45) is 8.79. The van der Waals surface area contributed by atoms with E-state index < -0.39 is 0 Å². The van der Waals surface area contributed by atoms with E-state index >= 15 is 0 Å². The van der Waals surface area contributed by atoms with Crippen molar-refractivity contribution in [3.8, 4) is 0 Å². The molecule has 0 aliphatic rings. The van der Waals surface area contributed by atoms with Crippen LogP contribution in [-0.2, 0) is 12.8 Å². The van der Waals surface area contributed by atoms with E-state index in [4.69, 9.17) is 10.3 Å². The molecule has 0 aromatic carbocycles. The highest BCUT2D eigenvalue weighted by atomic mass is 16.5. The zero-order valence-corrected chi connectivity index (χ0v) is 10.2. The highest BCUT2D eigenvalue weighted by Crippen LogP contribution is 2.07. The van der Waals surface area contributed by atoms with Gasteiger partial charge in [-0.3, -0.25) is 0 Å². The van der Waals surface area contributed by atoms with Crippen LogP contribution in [0.5, 0.6) is 0 Å². The fraction of sp³-hybridized carbons (Fsp3) is 0.833. The molecule has 0 fully saturated rings. The Balaban J connectivity index is 2.14. The Labute approximate surface area is 97.6 Å². The van der Waals surface area contributed by atoms with Gasteiger partial charge in [-0.25, -0.2) is 0 Å². The minimum Gasteiger partial charge on any atom is -0.339 e. The molecular formula is C12H23N3O. The van der Waals surface area contributed by atoms with Crippen molar-refractivity contribution in [1.82, 2.24) is 10.1 Å². The van der Waals surface area contributed by atoms with Gasteiger partial charge in [0.15, 0.2) is 5.82 Å². The first-order valence-electron chi connectivity index (χ1n) is 6.38. The van der Waals surface area contributed by atoms with E-state index in [9.17, 15) is 0 Å². The molecule has 1 heterocycles. The molecule has 4 nitrogen and oxygen atoms in total. The molecule has 1 aromatic rings. The molecule has 0 radical (unpaired) electrons. The third-order valence-electron chi connectivity index (χ3n) is 2.61. The molecule has 4 heteroatoms. The number of hydrogen-bond acceptors (Lipinski definition) is 4. The zero-order chi connectivity index (χ0) is 11.6. The lowest BCUT2D eigenvalue weighted by Gasteiger charge is -1.96. The van der Waals surface area contributed by atoms with Crippen LogP contribution in [0.3, 0.4) is 0 Å². The van der Waals surface area contributed by atoms with E-state index in [1.807, 2.05) is 0 Å². The standard InChI is InChI=1S/C12H23N3O/c1-2-3-8-11-14-12(16-15-11)9-6-4-5-7-10-13/h2-10,13H2,1H3. The zero-order valence-electron chi connectivity index (χ0n) is 10.2. The van der Waals surface area contributed by atoms with E-state index in [0.29, 0.717) is 0 Å². The highest BCUT2D eigenvalue weighted by Gasteiger charge is 2.04. The third-order valence-corrected chi connectivity index (χ3v) is 2.61. The summed E-state index contributed by atoms with van der Waals surface area (Å²) in [5.74, 6) is 1.65. The van der Waals surface area contributed by atoms with Gasteiger partial charge in [-0.15, -0.1) is 0 Å². The minimum atomic E-state index is 0.791. The summed E-state index contributed by atoms with van der Waals surface area (Å²) in [6, 6.07) is 0. The van der Waals surface area contributed by atoms with Crippen LogP contribution >= 0.6 is 0 Å². The van der Waals surface area contributed by atoms with Crippen LogP contribution in [0.4, 0.5) is 0 Å². The Morgan fingerprint density at radius 3 is 2.62 bits per heavy atom. The molecule has 1 rings (SSSR count). The molecule has 0 amide bonds. The molecule has 0 bridgehead atoms. The summed E-state index contributed by atoms with van der Waals surface area (Å²) >= 11 is 0. The second-order valence-corrected chi connectivity index (χ2v) is 4.16. The SMILES string of the molecule is CCCCc1noc(CCCCCCN)n1. The molecule has 0 saturated heterocycles. The second kappa shape index (κ2) is 8.28. The maximum Gasteiger partial charge on any atom is 0.226 e. The van der Waals surface area contributed by atoms with Gasteiger partial charge in [-0.05, 0) is 25.8 Å². The number of nitrogens with two attached hydrogens (primary N) is 1. The lowest BCUT2D eigenvalue weighted by molar-refractivity contribution is 0.368. The Kier molecular flexibility index (Phi) is 6.81. The average molecular weight is 225 g/mol. The Morgan fingerprint density at radius 1 is 1.06 bits per heavy atom. The maximum atomic E-state index is 5.43. The number of rotatable bonds is 9. The lowest BCUT2D eigenvalue weighted by atomic mass is 10.1. The van der Waals surface area contributed by atoms with E-state index in [1.54, 1.807) is 0 Å². The maximum absolute atomic E-state index is 5.43. The van der Waals surface area contributed by atoms with Crippen LogP contribution in [0, 0.1) is 0 Å². The van der Waals surface area contributed by atoms with Crippen molar-refractivity contribution in [2.75, 3.05) is 6.54 Å². The molecule has 0 aliphatic carbocycles. The molecule has 0 saturated carbocycles. The van der Waals surface area contributed by atoms with Gasteiger partial charge in [-0.2, -0.15) is 4.98 Å². The monoisotopic (exact) mass is 225 g/mol. The molecule has 0 unspecified atom stereocenters. The number of aromatic nitrogens is 2. The van der Waals surface area contributed by atoms with Crippen molar-refractivity contribution >= 4 is 0 Å². The van der Waals surface area contributed by atoms with Gasteiger partial charge in [0.2, 0.25) is 5.89 Å². The molecule has 2 N–H and O–H groups in total. The highest BCUT2D eigenvalue weighted by molar-refractivity contribution is 4.86. The topological polar surface area (TPSA) is 64.9 Å². The second-order valence-electron chi connectivity index (χ2n) is 4.16. The molecule has 92 valence electrons. The average Bonchev–Trinajstić information content (AvgIpc) is 2.74. The smallest absolute Gasteiger partial charge is 0.226 e. The summed E-state index contributed by atoms with van der Waals surface area (Å²) in [4.78, 5) is 4.36. The van der Waals surface area contributed by atoms with Crippen LogP contribution in [0.2, 0.25) is 0 Å². The van der Waals surface area contributed by atoms with E-state index in [-0.39, 0.29) is 0 Å². The van der Waals surface area contributed by atoms with Crippen molar-refractivity contribution in [3.63, 3.8) is 0 Å². The fourth-order valence-corrected chi connectivity index (χ4v) is 1.60. The van der Waals surface area contributed by atoms with Gasteiger partial charge in [0.05, 0.1) is 0 Å². The summed E-state index contributed by atoms with van der Waals surface area (Å²) in [5.41, 5.74) is 5.43. The molecule has 0 aliphatic heterocycles. The van der Waals surface area contributed by atoms with Crippen LogP contribution < -0.4 is 5.73 Å². The van der Waals surface area contributed by atoms with Crippen LogP contribution in [0.1, 0.15) is 57.2 Å². The van der Waals surface area contributed by atoms with Crippen molar-refractivity contribution < 1.29 is 4.52 Å². The Bertz CT molecular complexity index is 273. The largest absolute Gasteiger partial charge is 0.339 e. The van der Waals surface area contributed by atoms with Crippen molar-refractivity contribution in [3.05, 3.63) is 11.7 Å². The van der Waals surface area contributed by atoms with E-state index in [0.717, 1.165) is 50.4 Å². The number of hydrogen-bond donors (Lipinski definition) is 1. The quantitative estimate of drug-likeness (QED) is 0.656. The van der Waals surface area contributed by atoms with Gasteiger partial charge in [0.25, 0.3) is 0 Å². The summed E-state index contributed by atoms with van der Waals surface area (Å²) < 4.78 is 5.18. The molecular weight excluding hydrogens is 202 g/mol. The Morgan fingerprint density at radius 2 is 1.88 bits per heavy atom. The fourth-order valence-electron chi connectivity index (χ4n) is 1.60. The molecule has 1 aromatic heterocycles. The van der Waals surface area contributed by atoms with Crippen molar-refractivity contribution in [1.29, 1.82) is 0 Å². The van der Waals surface area contributed by atoms with Gasteiger partial charge in [0.1, 0.15) is 0 Å². The first-order chi connectivity index (χ1) is 7.86. The first kappa shape index (κ1) is 13.2. The van der Waals surface area contributed by atoms with Crippen molar-refractivity contribution in [2.24, 2.45) is 5.73 Å². The van der Waals surface area contributed by atoms with Crippen LogP contribution in [0.25, 0.3) is 0 Å². The van der Waals surface area contributed by atoms with E-state index in [1.165, 1.54) is 19.3 Å². The van der Waals surface area contributed by atoms with Gasteiger partial charge in [-0.1, -0.05) is 31.3 Å². The summed E-state index contributed by atoms with van der Waals surface area (Å²) in [6.45, 7) is 2.96. The van der Waals surface area contributed by atoms with Crippen molar-refractivity contribution in [2.45, 2.75) is 58.3 Å². The minimum absolute atomic E-state index is 0.791. The predicted octanol–water partition coefficient (Wildman–Crippen LogP) is 2.47. The predicted molar refractivity (Wildman–Crippen MR) is 64.1 cm³/mol. The third kappa shape index (κ3) is 5.26. The molecule has 0 spiro atoms. The van der Waals surface area contributed by atoms with Crippen LogP contribution in [-0.4, -0.2) is 16.7 Å². The molecule has 16 heavy (non-hydrogen) atoms. The van der Waals surface area contributed by atoms with E-state index in [2.05, 4.69) is 17.1 Å². The number of aryl methyl sites for hydroxylation is 2. The first-order valence-corrected chi connectivity index (χ1v) is 6.38. The lowest BCUT2D eigenvalue weighted by Crippen LogP contribution is -1.97. The van der Waals surface area contributed by atoms with Crippen LogP contribution in [0.15, 0.2) is 4.52 Å². The van der Waals surface area contributed by atoms with Gasteiger partial charge in [0, 0.05) is 12.8 Å². The van der Waals surface area contributed by atoms with Gasteiger partial charge >= 0.3 is 0 Å². The van der Waals surface area contributed by atoms with Gasteiger partial charge < -0.3 is 10.3 Å². The summed E-state index contributed by atoms with van der Waals surface area (Å²) in [5, 5.41) is 3.96. The Hall–Kier alpha value is -0.900. The normalized spacial score (nSPS) is 10.9. The number of nitrogens with zero attached hydrogens (tertiary/aromatic N) is 2. The number of unbranched alkanes of at least 4 members (excludes halogenated alkanes) is 4. The molecule has 0 atom stereocenters.